The zero-order valence-corrected chi connectivity index (χ0v) is 20.7. The first kappa shape index (κ1) is 24.9. The van der Waals surface area contributed by atoms with E-state index in [1.807, 2.05) is 23.6 Å². The van der Waals surface area contributed by atoms with Crippen LogP contribution in [0.5, 0.6) is 5.75 Å². The Labute approximate surface area is 201 Å². The molecule has 1 saturated carbocycles. The van der Waals surface area contributed by atoms with Gasteiger partial charge in [-0.1, -0.05) is 0 Å². The Hall–Kier alpha value is -2.21. The summed E-state index contributed by atoms with van der Waals surface area (Å²) in [6, 6.07) is 4.56. The molecule has 2 amide bonds. The molecular weight excluding hydrogens is 460 g/mol. The molecule has 10 nitrogen and oxygen atoms in total. The van der Waals surface area contributed by atoms with Crippen LogP contribution in [0.25, 0.3) is 0 Å². The standard InChI is InChI=1S/C23H34N4O6S/c1-17(2)33-21-6-5-19(34(30,31)27-11-13-32-14-12-27)15-20(21)24-22(28)16-25-7-9-26(10-8-25)23(29)18-3-4-18/h5-6,15,17-18H,3-4,7-14,16H2,1-2H3,(H,24,28). The van der Waals surface area contributed by atoms with Gasteiger partial charge in [0, 0.05) is 45.2 Å². The van der Waals surface area contributed by atoms with Gasteiger partial charge in [-0.3, -0.25) is 14.5 Å². The van der Waals surface area contributed by atoms with Gasteiger partial charge in [-0.05, 0) is 44.9 Å². The first-order valence-electron chi connectivity index (χ1n) is 11.9. The van der Waals surface area contributed by atoms with Crippen molar-refractivity contribution in [3.8, 4) is 5.75 Å². The summed E-state index contributed by atoms with van der Waals surface area (Å²) >= 11 is 0. The Morgan fingerprint density at radius 1 is 1.09 bits per heavy atom. The van der Waals surface area contributed by atoms with Crippen LogP contribution in [-0.4, -0.2) is 99.5 Å². The van der Waals surface area contributed by atoms with Crippen LogP contribution in [0, 0.1) is 5.92 Å². The van der Waals surface area contributed by atoms with E-state index in [2.05, 4.69) is 5.32 Å². The smallest absolute Gasteiger partial charge is 0.243 e. The molecule has 0 radical (unpaired) electrons. The number of benzene rings is 1. The van der Waals surface area contributed by atoms with E-state index in [4.69, 9.17) is 9.47 Å². The Morgan fingerprint density at radius 3 is 2.38 bits per heavy atom. The number of ether oxygens (including phenoxy) is 2. The van der Waals surface area contributed by atoms with Crippen LogP contribution < -0.4 is 10.1 Å². The lowest BCUT2D eigenvalue weighted by molar-refractivity contribution is -0.134. The predicted molar refractivity (Wildman–Crippen MR) is 126 cm³/mol. The highest BCUT2D eigenvalue weighted by Gasteiger charge is 2.35. The second kappa shape index (κ2) is 10.6. The van der Waals surface area contributed by atoms with E-state index in [1.165, 1.54) is 16.4 Å². The Bertz CT molecular complexity index is 997. The summed E-state index contributed by atoms with van der Waals surface area (Å²) in [5.74, 6) is 0.605. The highest BCUT2D eigenvalue weighted by molar-refractivity contribution is 7.89. The molecule has 2 heterocycles. The maximum Gasteiger partial charge on any atom is 0.243 e. The van der Waals surface area contributed by atoms with Crippen LogP contribution in [-0.2, 0) is 24.3 Å². The zero-order valence-electron chi connectivity index (χ0n) is 19.9. The fourth-order valence-electron chi connectivity index (χ4n) is 4.17. The molecule has 3 aliphatic rings. The van der Waals surface area contributed by atoms with Gasteiger partial charge in [0.1, 0.15) is 5.75 Å². The summed E-state index contributed by atoms with van der Waals surface area (Å²) in [7, 11) is -3.71. The van der Waals surface area contributed by atoms with Crippen LogP contribution >= 0.6 is 0 Å². The Balaban J connectivity index is 1.42. The van der Waals surface area contributed by atoms with Gasteiger partial charge in [-0.25, -0.2) is 8.42 Å². The van der Waals surface area contributed by atoms with Crippen molar-refractivity contribution in [3.05, 3.63) is 18.2 Å². The van der Waals surface area contributed by atoms with Gasteiger partial charge >= 0.3 is 0 Å². The van der Waals surface area contributed by atoms with E-state index in [0.29, 0.717) is 63.9 Å². The number of carbonyl (C=O) groups excluding carboxylic acids is 2. The van der Waals surface area contributed by atoms with E-state index in [9.17, 15) is 18.0 Å². The first-order chi connectivity index (χ1) is 16.2. The number of anilines is 1. The predicted octanol–water partition coefficient (Wildman–Crippen LogP) is 0.987. The van der Waals surface area contributed by atoms with Crippen LogP contribution in [0.15, 0.2) is 23.1 Å². The zero-order chi connectivity index (χ0) is 24.3. The number of nitrogens with zero attached hydrogens (tertiary/aromatic N) is 3. The van der Waals surface area contributed by atoms with Gasteiger partial charge in [-0.2, -0.15) is 4.31 Å². The number of sulfonamides is 1. The number of rotatable bonds is 8. The van der Waals surface area contributed by atoms with Crippen molar-refractivity contribution < 1.29 is 27.5 Å². The number of nitrogens with one attached hydrogen (secondary N) is 1. The second-order valence-electron chi connectivity index (χ2n) is 9.26. The molecule has 0 aromatic heterocycles. The van der Waals surface area contributed by atoms with Crippen molar-refractivity contribution in [1.29, 1.82) is 0 Å². The molecule has 3 fully saturated rings. The highest BCUT2D eigenvalue weighted by atomic mass is 32.2. The van der Waals surface area contributed by atoms with Crippen molar-refractivity contribution in [2.24, 2.45) is 5.92 Å². The summed E-state index contributed by atoms with van der Waals surface area (Å²) in [5, 5.41) is 2.85. The molecule has 1 aromatic rings. The lowest BCUT2D eigenvalue weighted by Crippen LogP contribution is -2.50. The summed E-state index contributed by atoms with van der Waals surface area (Å²) in [6.07, 6.45) is 1.83. The third-order valence-electron chi connectivity index (χ3n) is 6.17. The van der Waals surface area contributed by atoms with E-state index in [-0.39, 0.29) is 35.3 Å². The topological polar surface area (TPSA) is 108 Å². The molecule has 4 rings (SSSR count). The molecule has 0 atom stereocenters. The lowest BCUT2D eigenvalue weighted by atomic mass is 10.2. The normalized spacial score (nSPS) is 20.4. The van der Waals surface area contributed by atoms with E-state index in [0.717, 1.165) is 12.8 Å². The van der Waals surface area contributed by atoms with Gasteiger partial charge in [0.2, 0.25) is 21.8 Å². The van der Waals surface area contributed by atoms with E-state index >= 15 is 0 Å². The average Bonchev–Trinajstić information content (AvgIpc) is 3.66. The van der Waals surface area contributed by atoms with Crippen molar-refractivity contribution in [1.82, 2.24) is 14.1 Å². The number of carbonyl (C=O) groups is 2. The van der Waals surface area contributed by atoms with Crippen LogP contribution in [0.4, 0.5) is 5.69 Å². The first-order valence-corrected chi connectivity index (χ1v) is 13.4. The van der Waals surface area contributed by atoms with Crippen LogP contribution in [0.2, 0.25) is 0 Å². The third kappa shape index (κ3) is 6.07. The molecule has 0 spiro atoms. The fraction of sp³-hybridized carbons (Fsp3) is 0.652. The summed E-state index contributed by atoms with van der Waals surface area (Å²) in [6.45, 7) is 7.71. The molecule has 11 heteroatoms. The molecule has 1 N–H and O–H groups in total. The lowest BCUT2D eigenvalue weighted by Gasteiger charge is -2.34. The van der Waals surface area contributed by atoms with E-state index in [1.54, 1.807) is 6.07 Å². The number of hydrogen-bond acceptors (Lipinski definition) is 7. The maximum absolute atomic E-state index is 13.1. The molecular formula is C23H34N4O6S. The molecule has 1 aliphatic carbocycles. The molecule has 0 unspecified atom stereocenters. The number of hydrogen-bond donors (Lipinski definition) is 1. The molecule has 2 aliphatic heterocycles. The third-order valence-corrected chi connectivity index (χ3v) is 8.07. The minimum absolute atomic E-state index is 0.105. The van der Waals surface area contributed by atoms with Crippen molar-refractivity contribution in [3.63, 3.8) is 0 Å². The summed E-state index contributed by atoms with van der Waals surface area (Å²) in [4.78, 5) is 29.1. The maximum atomic E-state index is 13.1. The molecule has 34 heavy (non-hydrogen) atoms. The average molecular weight is 495 g/mol. The summed E-state index contributed by atoms with van der Waals surface area (Å²) in [5.41, 5.74) is 0.329. The van der Waals surface area contributed by atoms with Gasteiger partial charge < -0.3 is 19.7 Å². The van der Waals surface area contributed by atoms with Gasteiger partial charge in [0.25, 0.3) is 0 Å². The minimum Gasteiger partial charge on any atom is -0.489 e. The Kier molecular flexibility index (Phi) is 7.76. The molecule has 1 aromatic carbocycles. The van der Waals surface area contributed by atoms with Crippen molar-refractivity contribution in [2.75, 3.05) is 64.3 Å². The second-order valence-corrected chi connectivity index (χ2v) is 11.2. The Morgan fingerprint density at radius 2 is 1.76 bits per heavy atom. The van der Waals surface area contributed by atoms with Gasteiger partial charge in [-0.15, -0.1) is 0 Å². The van der Waals surface area contributed by atoms with Crippen LogP contribution in [0.1, 0.15) is 26.7 Å². The van der Waals surface area contributed by atoms with Gasteiger partial charge in [0.05, 0.1) is 36.4 Å². The molecule has 2 saturated heterocycles. The van der Waals surface area contributed by atoms with Crippen LogP contribution in [0.3, 0.4) is 0 Å². The quantitative estimate of drug-likeness (QED) is 0.574. The largest absolute Gasteiger partial charge is 0.489 e. The number of piperazine rings is 1. The summed E-state index contributed by atoms with van der Waals surface area (Å²) < 4.78 is 38.7. The minimum atomic E-state index is -3.71. The molecule has 188 valence electrons. The van der Waals surface area contributed by atoms with Gasteiger partial charge in [0.15, 0.2) is 0 Å². The number of amides is 2. The highest BCUT2D eigenvalue weighted by Crippen LogP contribution is 2.32. The van der Waals surface area contributed by atoms with E-state index < -0.39 is 10.0 Å². The monoisotopic (exact) mass is 494 g/mol. The number of morpholine rings is 1. The van der Waals surface area contributed by atoms with Crippen molar-refractivity contribution >= 4 is 27.5 Å². The molecule has 0 bridgehead atoms. The SMILES string of the molecule is CC(C)Oc1ccc(S(=O)(=O)N2CCOCC2)cc1NC(=O)CN1CCN(C(=O)C2CC2)CC1. The fourth-order valence-corrected chi connectivity index (χ4v) is 5.60. The van der Waals surface area contributed by atoms with Crippen molar-refractivity contribution in [2.45, 2.75) is 37.7 Å².